The lowest BCUT2D eigenvalue weighted by Gasteiger charge is -2.39. The predicted molar refractivity (Wildman–Crippen MR) is 91.2 cm³/mol. The number of rotatable bonds is 4. The fraction of sp³-hybridized carbons (Fsp3) is 0.667. The predicted octanol–water partition coefficient (Wildman–Crippen LogP) is 1.88. The number of ether oxygens (including phenoxy) is 2. The molecule has 0 spiro atoms. The number of nitrogens with zero attached hydrogens (tertiary/aromatic N) is 2. The highest BCUT2D eigenvalue weighted by Crippen LogP contribution is 2.34. The number of β-amino-alcohol motifs (C(OH)–C–C–N with tert-alkyl or cyclic N) is 1. The van der Waals surface area contributed by atoms with E-state index in [-0.39, 0.29) is 24.1 Å². The van der Waals surface area contributed by atoms with E-state index in [2.05, 4.69) is 23.6 Å². The molecule has 2 aliphatic rings. The molecule has 1 N–H and O–H groups in total. The third-order valence-corrected chi connectivity index (χ3v) is 4.46. The second-order valence-electron chi connectivity index (χ2n) is 7.08. The average Bonchev–Trinajstić information content (AvgIpc) is 2.44. The van der Waals surface area contributed by atoms with Gasteiger partial charge in [-0.15, -0.1) is 0 Å². The summed E-state index contributed by atoms with van der Waals surface area (Å²) in [6, 6.07) is 4.57. The van der Waals surface area contributed by atoms with Gasteiger partial charge in [0.2, 0.25) is 0 Å². The molecule has 4 unspecified atom stereocenters. The molecule has 0 saturated carbocycles. The number of benzene rings is 1. The largest absolute Gasteiger partial charge is 0.487 e. The zero-order valence-corrected chi connectivity index (χ0v) is 14.6. The molecule has 4 atom stereocenters. The Bertz CT molecular complexity index is 561. The average molecular weight is 338 g/mol. The highest BCUT2D eigenvalue weighted by molar-refractivity contribution is 5.60. The van der Waals surface area contributed by atoms with Crippen LogP contribution in [0, 0.1) is 5.82 Å². The van der Waals surface area contributed by atoms with Gasteiger partial charge in [0, 0.05) is 32.2 Å². The van der Waals surface area contributed by atoms with E-state index < -0.39 is 6.10 Å². The van der Waals surface area contributed by atoms with Gasteiger partial charge in [0.15, 0.2) is 0 Å². The van der Waals surface area contributed by atoms with E-state index >= 15 is 0 Å². The first-order valence-electron chi connectivity index (χ1n) is 8.67. The molecular weight excluding hydrogens is 311 g/mol. The maximum Gasteiger partial charge on any atom is 0.146 e. The van der Waals surface area contributed by atoms with E-state index in [1.807, 2.05) is 6.92 Å². The van der Waals surface area contributed by atoms with Crippen molar-refractivity contribution in [3.8, 4) is 5.75 Å². The summed E-state index contributed by atoms with van der Waals surface area (Å²) in [5, 5.41) is 10.6. The normalized spacial score (nSPS) is 29.0. The smallest absolute Gasteiger partial charge is 0.146 e. The van der Waals surface area contributed by atoms with Crippen LogP contribution in [0.2, 0.25) is 0 Å². The first kappa shape index (κ1) is 17.5. The zero-order chi connectivity index (χ0) is 17.3. The summed E-state index contributed by atoms with van der Waals surface area (Å²) in [6.07, 6.45) is -0.137. The summed E-state index contributed by atoms with van der Waals surface area (Å²) in [5.41, 5.74) is 0.845. The number of morpholine rings is 1. The Labute approximate surface area is 143 Å². The van der Waals surface area contributed by atoms with Gasteiger partial charge in [-0.1, -0.05) is 0 Å². The SMILES string of the molecule is CC1CN(CC(O)CN2CC(C)OC(C)C2)c2ccc(F)cc2O1. The van der Waals surface area contributed by atoms with Gasteiger partial charge in [-0.2, -0.15) is 0 Å². The van der Waals surface area contributed by atoms with Gasteiger partial charge in [0.25, 0.3) is 0 Å². The van der Waals surface area contributed by atoms with Gasteiger partial charge in [0.1, 0.15) is 17.7 Å². The van der Waals surface area contributed by atoms with Gasteiger partial charge >= 0.3 is 0 Å². The molecule has 2 heterocycles. The summed E-state index contributed by atoms with van der Waals surface area (Å²) in [6.45, 7) is 9.55. The first-order chi connectivity index (χ1) is 11.4. The quantitative estimate of drug-likeness (QED) is 0.908. The van der Waals surface area contributed by atoms with Crippen LogP contribution in [0.4, 0.5) is 10.1 Å². The van der Waals surface area contributed by atoms with Crippen molar-refractivity contribution in [3.63, 3.8) is 0 Å². The van der Waals surface area contributed by atoms with Crippen molar-refractivity contribution in [2.24, 2.45) is 0 Å². The molecule has 0 aliphatic carbocycles. The number of aliphatic hydroxyl groups is 1. The highest BCUT2D eigenvalue weighted by atomic mass is 19.1. The van der Waals surface area contributed by atoms with Crippen molar-refractivity contribution in [2.75, 3.05) is 37.6 Å². The third kappa shape index (κ3) is 4.18. The fourth-order valence-electron chi connectivity index (χ4n) is 3.72. The van der Waals surface area contributed by atoms with Crippen LogP contribution in [0.1, 0.15) is 20.8 Å². The van der Waals surface area contributed by atoms with Crippen LogP contribution in [-0.2, 0) is 4.74 Å². The summed E-state index contributed by atoms with van der Waals surface area (Å²) in [4.78, 5) is 4.33. The molecule has 3 rings (SSSR count). The fourth-order valence-corrected chi connectivity index (χ4v) is 3.72. The molecular formula is C18H27FN2O3. The molecule has 6 heteroatoms. The van der Waals surface area contributed by atoms with Gasteiger partial charge < -0.3 is 19.5 Å². The maximum absolute atomic E-state index is 13.4. The number of halogens is 1. The van der Waals surface area contributed by atoms with E-state index in [1.165, 1.54) is 12.1 Å². The standard InChI is InChI=1S/C18H27FN2O3/c1-12-7-20(8-13(2)23-12)10-16(22)11-21-9-14(3)24-18-6-15(19)4-5-17(18)21/h4-6,12-14,16,22H,7-11H2,1-3H3. The second kappa shape index (κ2) is 7.25. The third-order valence-electron chi connectivity index (χ3n) is 4.46. The van der Waals surface area contributed by atoms with Gasteiger partial charge in [-0.3, -0.25) is 4.90 Å². The van der Waals surface area contributed by atoms with E-state index in [0.717, 1.165) is 18.8 Å². The number of anilines is 1. The summed E-state index contributed by atoms with van der Waals surface area (Å²) < 4.78 is 24.9. The molecule has 1 aromatic rings. The number of hydrogen-bond acceptors (Lipinski definition) is 5. The van der Waals surface area contributed by atoms with E-state index in [0.29, 0.717) is 25.4 Å². The van der Waals surface area contributed by atoms with E-state index in [1.54, 1.807) is 6.07 Å². The Morgan fingerprint density at radius 2 is 1.83 bits per heavy atom. The summed E-state index contributed by atoms with van der Waals surface area (Å²) in [5.74, 6) is 0.245. The molecule has 1 aromatic carbocycles. The molecule has 5 nitrogen and oxygen atoms in total. The minimum atomic E-state index is -0.481. The van der Waals surface area contributed by atoms with Gasteiger partial charge in [-0.25, -0.2) is 4.39 Å². The summed E-state index contributed by atoms with van der Waals surface area (Å²) in [7, 11) is 0. The number of aliphatic hydroxyl groups excluding tert-OH is 1. The van der Waals surface area contributed by atoms with Gasteiger partial charge in [-0.05, 0) is 32.9 Å². The minimum Gasteiger partial charge on any atom is -0.487 e. The lowest BCUT2D eigenvalue weighted by atomic mass is 10.1. The second-order valence-corrected chi connectivity index (χ2v) is 7.08. The van der Waals surface area contributed by atoms with Crippen molar-refractivity contribution in [2.45, 2.75) is 45.2 Å². The van der Waals surface area contributed by atoms with Crippen LogP contribution in [-0.4, -0.2) is 67.1 Å². The Balaban J connectivity index is 1.63. The van der Waals surface area contributed by atoms with Crippen LogP contribution in [0.15, 0.2) is 18.2 Å². The topological polar surface area (TPSA) is 45.2 Å². The number of hydrogen-bond donors (Lipinski definition) is 1. The molecule has 0 bridgehead atoms. The molecule has 0 radical (unpaired) electrons. The van der Waals surface area contributed by atoms with Crippen LogP contribution >= 0.6 is 0 Å². The van der Waals surface area contributed by atoms with Crippen molar-refractivity contribution in [1.82, 2.24) is 4.90 Å². The van der Waals surface area contributed by atoms with Crippen molar-refractivity contribution >= 4 is 5.69 Å². The Morgan fingerprint density at radius 1 is 1.12 bits per heavy atom. The van der Waals surface area contributed by atoms with Crippen molar-refractivity contribution < 1.29 is 19.0 Å². The molecule has 0 aromatic heterocycles. The van der Waals surface area contributed by atoms with Crippen LogP contribution in [0.25, 0.3) is 0 Å². The number of fused-ring (bicyclic) bond motifs is 1. The lowest BCUT2D eigenvalue weighted by molar-refractivity contribution is -0.0759. The van der Waals surface area contributed by atoms with E-state index in [9.17, 15) is 9.50 Å². The van der Waals surface area contributed by atoms with Gasteiger partial charge in [0.05, 0.1) is 30.5 Å². The first-order valence-corrected chi connectivity index (χ1v) is 8.67. The zero-order valence-electron chi connectivity index (χ0n) is 14.6. The Morgan fingerprint density at radius 3 is 2.54 bits per heavy atom. The lowest BCUT2D eigenvalue weighted by Crippen LogP contribution is -2.50. The Hall–Kier alpha value is -1.37. The van der Waals surface area contributed by atoms with Crippen LogP contribution < -0.4 is 9.64 Å². The van der Waals surface area contributed by atoms with Crippen molar-refractivity contribution in [3.05, 3.63) is 24.0 Å². The highest BCUT2D eigenvalue weighted by Gasteiger charge is 2.28. The molecule has 2 aliphatic heterocycles. The van der Waals surface area contributed by atoms with Crippen molar-refractivity contribution in [1.29, 1.82) is 0 Å². The summed E-state index contributed by atoms with van der Waals surface area (Å²) >= 11 is 0. The molecule has 24 heavy (non-hydrogen) atoms. The Kier molecular flexibility index (Phi) is 5.27. The molecule has 0 amide bonds. The maximum atomic E-state index is 13.4. The molecule has 134 valence electrons. The monoisotopic (exact) mass is 338 g/mol. The van der Waals surface area contributed by atoms with E-state index in [4.69, 9.17) is 9.47 Å². The van der Waals surface area contributed by atoms with Crippen LogP contribution in [0.5, 0.6) is 5.75 Å². The molecule has 1 fully saturated rings. The minimum absolute atomic E-state index is 0.0325. The molecule has 1 saturated heterocycles. The van der Waals surface area contributed by atoms with Crippen LogP contribution in [0.3, 0.4) is 0 Å².